The van der Waals surface area contributed by atoms with Gasteiger partial charge in [-0.3, -0.25) is 9.36 Å². The number of amides is 1. The predicted octanol–water partition coefficient (Wildman–Crippen LogP) is -1.08. The average molecular weight is 534 g/mol. The standard InChI is InChI=1S/C25H35N5O8/c1-12-23(38-17-10-15(31)20(29(2)3)22(34)21(17)33)16(32)11-19(37-12)30-9-8-18(28-25(30)36)27-24(35)13-4-6-14(26)7-5-13/h4-9,12,15-17,19-23,31-34H,10-11,26H2,1-3H3,(H,27,28,35,36). The summed E-state index contributed by atoms with van der Waals surface area (Å²) in [6.07, 6.45) is -6.42. The molecule has 4 rings (SSSR count). The Morgan fingerprint density at radius 3 is 2.39 bits per heavy atom. The van der Waals surface area contributed by atoms with Crippen LogP contribution >= 0.6 is 0 Å². The molecule has 13 heteroatoms. The molecule has 9 unspecified atom stereocenters. The van der Waals surface area contributed by atoms with Gasteiger partial charge in [-0.2, -0.15) is 4.98 Å². The molecule has 0 radical (unpaired) electrons. The van der Waals surface area contributed by atoms with E-state index in [0.29, 0.717) is 11.3 Å². The highest BCUT2D eigenvalue weighted by molar-refractivity contribution is 6.03. The number of nitrogen functional groups attached to an aromatic ring is 1. The van der Waals surface area contributed by atoms with Gasteiger partial charge in [-0.25, -0.2) is 4.79 Å². The Morgan fingerprint density at radius 1 is 1.11 bits per heavy atom. The Labute approximate surface area is 219 Å². The van der Waals surface area contributed by atoms with Crippen LogP contribution in [0.3, 0.4) is 0 Å². The number of nitrogens with two attached hydrogens (primary N) is 1. The fourth-order valence-electron chi connectivity index (χ4n) is 5.09. The van der Waals surface area contributed by atoms with Crippen LogP contribution in [0, 0.1) is 0 Å². The molecular weight excluding hydrogens is 498 g/mol. The summed E-state index contributed by atoms with van der Waals surface area (Å²) in [6, 6.07) is 7.07. The molecule has 208 valence electrons. The number of nitrogens with one attached hydrogen (secondary N) is 1. The Balaban J connectivity index is 1.40. The van der Waals surface area contributed by atoms with Crippen LogP contribution in [0.5, 0.6) is 0 Å². The van der Waals surface area contributed by atoms with E-state index < -0.39 is 66.6 Å². The highest BCUT2D eigenvalue weighted by Gasteiger charge is 2.47. The van der Waals surface area contributed by atoms with E-state index in [4.69, 9.17) is 15.2 Å². The molecule has 1 saturated heterocycles. The molecule has 2 heterocycles. The number of rotatable bonds is 6. The lowest BCUT2D eigenvalue weighted by atomic mass is 9.84. The van der Waals surface area contributed by atoms with Gasteiger partial charge in [0.2, 0.25) is 0 Å². The van der Waals surface area contributed by atoms with Gasteiger partial charge < -0.3 is 45.9 Å². The minimum absolute atomic E-state index is 0.0119. The van der Waals surface area contributed by atoms with Gasteiger partial charge >= 0.3 is 5.69 Å². The van der Waals surface area contributed by atoms with E-state index in [1.165, 1.54) is 16.8 Å². The van der Waals surface area contributed by atoms with Gasteiger partial charge in [-0.1, -0.05) is 0 Å². The van der Waals surface area contributed by atoms with Crippen molar-refractivity contribution in [3.05, 3.63) is 52.6 Å². The molecule has 9 atom stereocenters. The van der Waals surface area contributed by atoms with E-state index in [9.17, 15) is 30.0 Å². The topological polar surface area (TPSA) is 193 Å². The highest BCUT2D eigenvalue weighted by atomic mass is 16.6. The van der Waals surface area contributed by atoms with Crippen molar-refractivity contribution < 1.29 is 34.7 Å². The van der Waals surface area contributed by atoms with Crippen molar-refractivity contribution in [3.63, 3.8) is 0 Å². The number of likely N-dealkylation sites (N-methyl/N-ethyl adjacent to an activating group) is 1. The first kappa shape index (κ1) is 28.1. The van der Waals surface area contributed by atoms with Crippen LogP contribution in [0.1, 0.15) is 36.4 Å². The number of hydrogen-bond acceptors (Lipinski definition) is 11. The second kappa shape index (κ2) is 11.5. The number of carbonyl (C=O) groups excluding carboxylic acids is 1. The number of benzene rings is 1. The summed E-state index contributed by atoms with van der Waals surface area (Å²) in [5.41, 5.74) is 5.81. The van der Waals surface area contributed by atoms with Gasteiger partial charge in [-0.15, -0.1) is 0 Å². The number of hydrogen-bond donors (Lipinski definition) is 6. The average Bonchev–Trinajstić information content (AvgIpc) is 2.84. The molecule has 2 fully saturated rings. The first-order valence-electron chi connectivity index (χ1n) is 12.4. The zero-order valence-electron chi connectivity index (χ0n) is 21.4. The zero-order chi connectivity index (χ0) is 27.7. The van der Waals surface area contributed by atoms with E-state index in [0.717, 1.165) is 0 Å². The van der Waals surface area contributed by atoms with E-state index in [1.54, 1.807) is 50.2 Å². The number of anilines is 2. The highest BCUT2D eigenvalue weighted by Crippen LogP contribution is 2.33. The van der Waals surface area contributed by atoms with Crippen LogP contribution in [0.25, 0.3) is 0 Å². The van der Waals surface area contributed by atoms with E-state index in [1.807, 2.05) is 0 Å². The molecule has 2 aromatic rings. The summed E-state index contributed by atoms with van der Waals surface area (Å²) in [5.74, 6) is -0.400. The first-order chi connectivity index (χ1) is 18.0. The van der Waals surface area contributed by atoms with Crippen molar-refractivity contribution in [1.82, 2.24) is 14.5 Å². The molecule has 1 aromatic heterocycles. The molecule has 13 nitrogen and oxygen atoms in total. The van der Waals surface area contributed by atoms with Crippen LogP contribution in [-0.4, -0.2) is 104 Å². The third kappa shape index (κ3) is 5.89. The van der Waals surface area contributed by atoms with Crippen molar-refractivity contribution in [2.24, 2.45) is 0 Å². The third-order valence-corrected chi connectivity index (χ3v) is 7.09. The maximum Gasteiger partial charge on any atom is 0.351 e. The van der Waals surface area contributed by atoms with Crippen LogP contribution in [-0.2, 0) is 9.47 Å². The third-order valence-electron chi connectivity index (χ3n) is 7.09. The molecule has 38 heavy (non-hydrogen) atoms. The summed E-state index contributed by atoms with van der Waals surface area (Å²) in [4.78, 5) is 30.7. The van der Waals surface area contributed by atoms with Crippen molar-refractivity contribution in [1.29, 1.82) is 0 Å². The van der Waals surface area contributed by atoms with Gasteiger partial charge in [0.1, 0.15) is 30.4 Å². The Bertz CT molecular complexity index is 1160. The zero-order valence-corrected chi connectivity index (χ0v) is 21.4. The number of nitrogens with zero attached hydrogens (tertiary/aromatic N) is 3. The van der Waals surface area contributed by atoms with E-state index >= 15 is 0 Å². The normalized spacial score (nSPS) is 33.7. The molecule has 1 aliphatic heterocycles. The number of aliphatic hydroxyl groups is 4. The SMILES string of the molecule is CC1OC(n2ccc(NC(=O)c3ccc(N)cc3)nc2=O)CC(O)C1OC1CC(O)C(N(C)C)C(O)C1O. The van der Waals surface area contributed by atoms with Gasteiger partial charge in [0.25, 0.3) is 5.91 Å². The molecule has 0 spiro atoms. The number of aliphatic hydroxyl groups excluding tert-OH is 4. The van der Waals surface area contributed by atoms with Crippen molar-refractivity contribution in [3.8, 4) is 0 Å². The Morgan fingerprint density at radius 2 is 1.79 bits per heavy atom. The molecule has 2 aliphatic rings. The minimum Gasteiger partial charge on any atom is -0.399 e. The lowest BCUT2D eigenvalue weighted by Gasteiger charge is -2.46. The summed E-state index contributed by atoms with van der Waals surface area (Å²) < 4.78 is 13.1. The predicted molar refractivity (Wildman–Crippen MR) is 136 cm³/mol. The van der Waals surface area contributed by atoms with Gasteiger partial charge in [0.05, 0.1) is 30.5 Å². The van der Waals surface area contributed by atoms with E-state index in [2.05, 4.69) is 10.3 Å². The van der Waals surface area contributed by atoms with Crippen molar-refractivity contribution in [2.45, 2.75) is 74.8 Å². The van der Waals surface area contributed by atoms with Gasteiger partial charge in [-0.05, 0) is 51.4 Å². The summed E-state index contributed by atoms with van der Waals surface area (Å²) in [5, 5.41) is 45.0. The van der Waals surface area contributed by atoms with Gasteiger partial charge in [0, 0.05) is 30.3 Å². The largest absolute Gasteiger partial charge is 0.399 e. The van der Waals surface area contributed by atoms with E-state index in [-0.39, 0.29) is 18.7 Å². The first-order valence-corrected chi connectivity index (χ1v) is 12.4. The molecule has 7 N–H and O–H groups in total. The Kier molecular flexibility index (Phi) is 8.47. The van der Waals surface area contributed by atoms with Crippen molar-refractivity contribution >= 4 is 17.4 Å². The number of carbonyl (C=O) groups is 1. The maximum absolute atomic E-state index is 12.7. The van der Waals surface area contributed by atoms with Crippen LogP contribution in [0.4, 0.5) is 11.5 Å². The number of ether oxygens (including phenoxy) is 2. The lowest BCUT2D eigenvalue weighted by molar-refractivity contribution is -0.247. The fraction of sp³-hybridized carbons (Fsp3) is 0.560. The molecule has 1 aromatic carbocycles. The smallest absolute Gasteiger partial charge is 0.351 e. The minimum atomic E-state index is -1.27. The molecule has 1 saturated carbocycles. The second-order valence-electron chi connectivity index (χ2n) is 10.1. The molecule has 1 amide bonds. The summed E-state index contributed by atoms with van der Waals surface area (Å²) >= 11 is 0. The van der Waals surface area contributed by atoms with Crippen molar-refractivity contribution in [2.75, 3.05) is 25.1 Å². The van der Waals surface area contributed by atoms with Crippen LogP contribution < -0.4 is 16.7 Å². The maximum atomic E-state index is 12.7. The molecule has 0 bridgehead atoms. The molecular formula is C25H35N5O8. The molecule has 1 aliphatic carbocycles. The van der Waals surface area contributed by atoms with Crippen LogP contribution in [0.2, 0.25) is 0 Å². The lowest BCUT2D eigenvalue weighted by Crippen LogP contribution is -2.62. The van der Waals surface area contributed by atoms with Crippen LogP contribution in [0.15, 0.2) is 41.3 Å². The monoisotopic (exact) mass is 533 g/mol. The Hall–Kier alpha value is -2.91. The second-order valence-corrected chi connectivity index (χ2v) is 10.1. The summed E-state index contributed by atoms with van der Waals surface area (Å²) in [7, 11) is 3.40. The van der Waals surface area contributed by atoms with Gasteiger partial charge in [0.15, 0.2) is 0 Å². The quantitative estimate of drug-likeness (QED) is 0.247. The fourth-order valence-corrected chi connectivity index (χ4v) is 5.09. The number of aromatic nitrogens is 2. The summed E-state index contributed by atoms with van der Waals surface area (Å²) in [6.45, 7) is 1.66.